The number of benzene rings is 1. The van der Waals surface area contributed by atoms with Crippen molar-refractivity contribution in [3.8, 4) is 5.75 Å². The summed E-state index contributed by atoms with van der Waals surface area (Å²) in [5, 5.41) is 0. The summed E-state index contributed by atoms with van der Waals surface area (Å²) in [4.78, 5) is 19.9. The summed E-state index contributed by atoms with van der Waals surface area (Å²) in [6.45, 7) is 13.0. The molecule has 2 aliphatic heterocycles. The summed E-state index contributed by atoms with van der Waals surface area (Å²) in [5.74, 6) is 1.32. The smallest absolute Gasteiger partial charge is 0.226 e. The molecule has 1 saturated heterocycles. The Morgan fingerprint density at radius 2 is 1.89 bits per heavy atom. The first-order valence-electron chi connectivity index (χ1n) is 10.5. The first-order valence-corrected chi connectivity index (χ1v) is 10.5. The molecular formula is C22H35N3O2. The maximum atomic E-state index is 13.0. The number of amides is 1. The van der Waals surface area contributed by atoms with Crippen molar-refractivity contribution >= 4 is 5.91 Å². The predicted octanol–water partition coefficient (Wildman–Crippen LogP) is 2.98. The number of carbonyl (C=O) groups excluding carboxylic acids is 1. The van der Waals surface area contributed by atoms with Gasteiger partial charge in [0.05, 0.1) is 6.04 Å². The molecule has 0 saturated carbocycles. The molecule has 2 heterocycles. The van der Waals surface area contributed by atoms with Gasteiger partial charge in [-0.2, -0.15) is 0 Å². The van der Waals surface area contributed by atoms with Gasteiger partial charge in [-0.15, -0.1) is 0 Å². The van der Waals surface area contributed by atoms with Gasteiger partial charge >= 0.3 is 0 Å². The molecule has 0 aromatic heterocycles. The standard InChI is InChI=1S/C22H35N3O2/c1-5-19(6-2)22(26)25-15-20-13-18(7-8-21(20)27-16-17(25)3)14-24-11-9-23(4)10-12-24/h7-8,13,17,19H,5-6,9-12,14-16H2,1-4H3/t17-/m0/s1. The van der Waals surface area contributed by atoms with Crippen molar-refractivity contribution in [2.24, 2.45) is 5.92 Å². The molecule has 150 valence electrons. The lowest BCUT2D eigenvalue weighted by molar-refractivity contribution is -0.138. The molecule has 3 rings (SSSR count). The Bertz CT molecular complexity index is 636. The van der Waals surface area contributed by atoms with Crippen molar-refractivity contribution in [1.29, 1.82) is 0 Å². The Morgan fingerprint density at radius 3 is 2.56 bits per heavy atom. The molecule has 5 heteroatoms. The molecule has 0 radical (unpaired) electrons. The molecule has 0 bridgehead atoms. The fraction of sp³-hybridized carbons (Fsp3) is 0.682. The normalized spacial score (nSPS) is 21.7. The monoisotopic (exact) mass is 373 g/mol. The Balaban J connectivity index is 1.74. The third kappa shape index (κ3) is 4.82. The van der Waals surface area contributed by atoms with E-state index in [0.717, 1.165) is 56.9 Å². The molecule has 0 N–H and O–H groups in total. The van der Waals surface area contributed by atoms with Crippen molar-refractivity contribution in [2.45, 2.75) is 52.7 Å². The van der Waals surface area contributed by atoms with Gasteiger partial charge in [-0.05, 0) is 44.5 Å². The number of ether oxygens (including phenoxy) is 1. The van der Waals surface area contributed by atoms with Gasteiger partial charge in [0.25, 0.3) is 0 Å². The van der Waals surface area contributed by atoms with Crippen LogP contribution in [0.25, 0.3) is 0 Å². The largest absolute Gasteiger partial charge is 0.491 e. The minimum atomic E-state index is 0.103. The van der Waals surface area contributed by atoms with Gasteiger partial charge in [0.15, 0.2) is 0 Å². The first-order chi connectivity index (χ1) is 13.0. The van der Waals surface area contributed by atoms with Crippen LogP contribution in [0.4, 0.5) is 0 Å². The summed E-state index contributed by atoms with van der Waals surface area (Å²) in [6, 6.07) is 6.63. The fourth-order valence-corrected chi connectivity index (χ4v) is 4.07. The summed E-state index contributed by atoms with van der Waals surface area (Å²) < 4.78 is 6.03. The highest BCUT2D eigenvalue weighted by atomic mass is 16.5. The van der Waals surface area contributed by atoms with E-state index in [4.69, 9.17) is 4.74 Å². The van der Waals surface area contributed by atoms with Crippen LogP contribution < -0.4 is 4.74 Å². The van der Waals surface area contributed by atoms with Crippen LogP contribution in [0, 0.1) is 5.92 Å². The van der Waals surface area contributed by atoms with Gasteiger partial charge in [0.1, 0.15) is 12.4 Å². The number of rotatable bonds is 5. The predicted molar refractivity (Wildman–Crippen MR) is 109 cm³/mol. The second-order valence-corrected chi connectivity index (χ2v) is 8.16. The van der Waals surface area contributed by atoms with Crippen LogP contribution in [0.15, 0.2) is 18.2 Å². The zero-order chi connectivity index (χ0) is 19.4. The van der Waals surface area contributed by atoms with Crippen LogP contribution in [-0.4, -0.2) is 66.5 Å². The van der Waals surface area contributed by atoms with E-state index in [9.17, 15) is 4.79 Å². The minimum absolute atomic E-state index is 0.103. The van der Waals surface area contributed by atoms with Crippen molar-refractivity contribution in [2.75, 3.05) is 39.8 Å². The number of hydrogen-bond donors (Lipinski definition) is 0. The SMILES string of the molecule is CCC(CC)C(=O)N1Cc2cc(CN3CCN(C)CC3)ccc2OC[C@@H]1C. The van der Waals surface area contributed by atoms with Crippen LogP contribution in [0.3, 0.4) is 0 Å². The lowest BCUT2D eigenvalue weighted by atomic mass is 10.00. The van der Waals surface area contributed by atoms with Gasteiger partial charge in [-0.3, -0.25) is 9.69 Å². The average Bonchev–Trinajstić information content (AvgIpc) is 2.83. The number of piperazine rings is 1. The molecule has 0 aliphatic carbocycles. The second kappa shape index (κ2) is 9.07. The highest BCUT2D eigenvalue weighted by molar-refractivity contribution is 5.79. The third-order valence-electron chi connectivity index (χ3n) is 6.10. The first kappa shape index (κ1) is 20.2. The van der Waals surface area contributed by atoms with Crippen LogP contribution >= 0.6 is 0 Å². The Labute approximate surface area is 164 Å². The van der Waals surface area contributed by atoms with Gasteiger partial charge in [-0.25, -0.2) is 0 Å². The van der Waals surface area contributed by atoms with E-state index >= 15 is 0 Å². The lowest BCUT2D eigenvalue weighted by Crippen LogP contribution is -2.44. The molecule has 1 aromatic carbocycles. The second-order valence-electron chi connectivity index (χ2n) is 8.16. The highest BCUT2D eigenvalue weighted by Gasteiger charge is 2.29. The quantitative estimate of drug-likeness (QED) is 0.795. The molecule has 1 fully saturated rings. The average molecular weight is 374 g/mol. The van der Waals surface area contributed by atoms with Crippen LogP contribution in [0.5, 0.6) is 5.75 Å². The van der Waals surface area contributed by atoms with E-state index in [2.05, 4.69) is 55.8 Å². The van der Waals surface area contributed by atoms with E-state index in [1.165, 1.54) is 5.56 Å². The van der Waals surface area contributed by atoms with Gasteiger partial charge < -0.3 is 14.5 Å². The molecule has 5 nitrogen and oxygen atoms in total. The van der Waals surface area contributed by atoms with Gasteiger partial charge in [-0.1, -0.05) is 19.9 Å². The van der Waals surface area contributed by atoms with E-state index in [1.807, 2.05) is 4.90 Å². The number of nitrogens with zero attached hydrogens (tertiary/aromatic N) is 3. The van der Waals surface area contributed by atoms with Crippen LogP contribution in [-0.2, 0) is 17.9 Å². The summed E-state index contributed by atoms with van der Waals surface area (Å²) in [7, 11) is 2.18. The molecule has 2 aliphatic rings. The fourth-order valence-electron chi connectivity index (χ4n) is 4.07. The lowest BCUT2D eigenvalue weighted by Gasteiger charge is -2.32. The highest BCUT2D eigenvalue weighted by Crippen LogP contribution is 2.28. The minimum Gasteiger partial charge on any atom is -0.491 e. The van der Waals surface area contributed by atoms with Crippen molar-refractivity contribution in [1.82, 2.24) is 14.7 Å². The Morgan fingerprint density at radius 1 is 1.19 bits per heavy atom. The number of fused-ring (bicyclic) bond motifs is 1. The molecule has 0 spiro atoms. The van der Waals surface area contributed by atoms with Gasteiger partial charge in [0, 0.05) is 50.7 Å². The van der Waals surface area contributed by atoms with Crippen molar-refractivity contribution in [3.05, 3.63) is 29.3 Å². The molecule has 0 unspecified atom stereocenters. The maximum Gasteiger partial charge on any atom is 0.226 e. The number of likely N-dealkylation sites (N-methyl/N-ethyl adjacent to an activating group) is 1. The van der Waals surface area contributed by atoms with E-state index < -0.39 is 0 Å². The maximum absolute atomic E-state index is 13.0. The molecule has 1 amide bonds. The number of carbonyl (C=O) groups is 1. The third-order valence-corrected chi connectivity index (χ3v) is 6.10. The zero-order valence-electron chi connectivity index (χ0n) is 17.4. The van der Waals surface area contributed by atoms with Crippen LogP contribution in [0.1, 0.15) is 44.7 Å². The van der Waals surface area contributed by atoms with E-state index in [1.54, 1.807) is 0 Å². The topological polar surface area (TPSA) is 36.0 Å². The zero-order valence-corrected chi connectivity index (χ0v) is 17.4. The van der Waals surface area contributed by atoms with Crippen LogP contribution in [0.2, 0.25) is 0 Å². The Kier molecular flexibility index (Phi) is 6.77. The summed E-state index contributed by atoms with van der Waals surface area (Å²) in [6.07, 6.45) is 1.80. The van der Waals surface area contributed by atoms with Crippen molar-refractivity contribution in [3.63, 3.8) is 0 Å². The summed E-state index contributed by atoms with van der Waals surface area (Å²) >= 11 is 0. The van der Waals surface area contributed by atoms with E-state index in [0.29, 0.717) is 13.2 Å². The molecular weight excluding hydrogens is 338 g/mol. The molecule has 27 heavy (non-hydrogen) atoms. The summed E-state index contributed by atoms with van der Waals surface area (Å²) in [5.41, 5.74) is 2.46. The number of hydrogen-bond acceptors (Lipinski definition) is 4. The van der Waals surface area contributed by atoms with Crippen molar-refractivity contribution < 1.29 is 9.53 Å². The molecule has 1 aromatic rings. The molecule has 1 atom stereocenters. The van der Waals surface area contributed by atoms with Gasteiger partial charge in [0.2, 0.25) is 5.91 Å². The Hall–Kier alpha value is -1.59. The van der Waals surface area contributed by atoms with E-state index in [-0.39, 0.29) is 17.9 Å².